The van der Waals surface area contributed by atoms with Crippen molar-refractivity contribution < 1.29 is 45.8 Å². The molecule has 0 heterocycles. The van der Waals surface area contributed by atoms with Crippen molar-refractivity contribution in [2.45, 2.75) is 32.3 Å². The Kier molecular flexibility index (Phi) is 8.32. The van der Waals surface area contributed by atoms with Crippen molar-refractivity contribution in [1.82, 2.24) is 0 Å². The lowest BCUT2D eigenvalue weighted by Crippen LogP contribution is -2.64. The molecule has 0 radical (unpaired) electrons. The second-order valence-corrected chi connectivity index (χ2v) is 9.41. The van der Waals surface area contributed by atoms with Gasteiger partial charge >= 0.3 is 24.3 Å². The van der Waals surface area contributed by atoms with Gasteiger partial charge in [-0.1, -0.05) is 13.8 Å². The van der Waals surface area contributed by atoms with Crippen molar-refractivity contribution >= 4 is 79.7 Å². The largest absolute Gasteiger partial charge is 0.480 e. The summed E-state index contributed by atoms with van der Waals surface area (Å²) in [6.45, 7) is 1.83. The third-order valence-electron chi connectivity index (χ3n) is 3.71. The van der Waals surface area contributed by atoms with Crippen molar-refractivity contribution in [1.29, 1.82) is 0 Å². The smallest absolute Gasteiger partial charge is 0.417 e. The van der Waals surface area contributed by atoms with Gasteiger partial charge in [-0.25, -0.2) is 4.79 Å². The summed E-state index contributed by atoms with van der Waals surface area (Å²) in [5.74, 6) is -6.27. The summed E-state index contributed by atoms with van der Waals surface area (Å²) in [6.07, 6.45) is -15.6. The molecule has 158 valence electrons. The number of carbonyl (C=O) groups excluding carboxylic acids is 1. The summed E-state index contributed by atoms with van der Waals surface area (Å²) in [4.78, 5) is 23.8. The van der Waals surface area contributed by atoms with Gasteiger partial charge in [-0.2, -0.15) is 26.3 Å². The zero-order valence-corrected chi connectivity index (χ0v) is 20.4. The Morgan fingerprint density at radius 2 is 1.46 bits per heavy atom. The second kappa shape index (κ2) is 8.97. The quantitative estimate of drug-likeness (QED) is 0.177. The van der Waals surface area contributed by atoms with E-state index < -0.39 is 41.7 Å². The van der Waals surface area contributed by atoms with Crippen molar-refractivity contribution in [3.8, 4) is 0 Å². The van der Waals surface area contributed by atoms with E-state index in [1.54, 1.807) is 28.7 Å². The Morgan fingerprint density at radius 3 is 1.82 bits per heavy atom. The van der Waals surface area contributed by atoms with Gasteiger partial charge in [0.2, 0.25) is 0 Å². The van der Waals surface area contributed by atoms with Crippen LogP contribution in [0.3, 0.4) is 0 Å². The Bertz CT molecular complexity index is 762. The van der Waals surface area contributed by atoms with Crippen LogP contribution in [0.25, 0.3) is 0 Å². The van der Waals surface area contributed by atoms with Crippen LogP contribution in [0.4, 0.5) is 26.3 Å². The Labute approximate surface area is 196 Å². The minimum absolute atomic E-state index is 0.256. The molecule has 1 aromatic rings. The molecule has 0 saturated carbocycles. The molecule has 1 atom stereocenters. The molecule has 1 unspecified atom stereocenters. The average molecular weight is 750 g/mol. The average Bonchev–Trinajstić information content (AvgIpc) is 2.46. The standard InChI is InChI=1S/C15H11F6I3O4/c1-5(2)10(13(12(26)27,14(16,17)18)15(19,20)21)28-11(25)7-3-6(22)4-8(23)9(7)24/h3-5,10H,1-2H3,(H,26,27). The van der Waals surface area contributed by atoms with Crippen LogP contribution >= 0.6 is 67.8 Å². The molecular formula is C15H11F6I3O4. The number of alkyl halides is 6. The molecule has 0 fully saturated rings. The van der Waals surface area contributed by atoms with E-state index in [0.29, 0.717) is 7.14 Å². The number of aliphatic carboxylic acids is 1. The highest BCUT2D eigenvalue weighted by Crippen LogP contribution is 2.55. The first-order valence-corrected chi connectivity index (χ1v) is 10.4. The third-order valence-corrected chi connectivity index (χ3v) is 7.38. The number of ether oxygens (including phenoxy) is 1. The zero-order valence-electron chi connectivity index (χ0n) is 13.9. The zero-order chi connectivity index (χ0) is 22.2. The van der Waals surface area contributed by atoms with Gasteiger partial charge in [0.15, 0.2) is 0 Å². The summed E-state index contributed by atoms with van der Waals surface area (Å²) in [5, 5.41) is 9.01. The molecule has 0 aliphatic rings. The van der Waals surface area contributed by atoms with Gasteiger partial charge in [0.05, 0.1) is 5.56 Å². The van der Waals surface area contributed by atoms with E-state index >= 15 is 0 Å². The predicted octanol–water partition coefficient (Wildman–Crippen LogP) is 5.88. The molecule has 0 spiro atoms. The van der Waals surface area contributed by atoms with Gasteiger partial charge in [-0.3, -0.25) is 4.79 Å². The highest BCUT2D eigenvalue weighted by atomic mass is 127. The van der Waals surface area contributed by atoms with Crippen molar-refractivity contribution in [2.24, 2.45) is 11.3 Å². The van der Waals surface area contributed by atoms with Gasteiger partial charge in [0.25, 0.3) is 5.41 Å². The molecule has 0 aromatic heterocycles. The first-order valence-electron chi connectivity index (χ1n) is 7.20. The molecule has 1 aromatic carbocycles. The highest BCUT2D eigenvalue weighted by Gasteiger charge is 2.81. The van der Waals surface area contributed by atoms with Gasteiger partial charge < -0.3 is 9.84 Å². The second-order valence-electron chi connectivity index (χ2n) is 5.93. The van der Waals surface area contributed by atoms with Crippen LogP contribution in [0.2, 0.25) is 0 Å². The summed E-state index contributed by atoms with van der Waals surface area (Å²) < 4.78 is 86.8. The molecule has 0 aliphatic carbocycles. The maximum Gasteiger partial charge on any atom is 0.417 e. The molecule has 1 rings (SSSR count). The fourth-order valence-electron chi connectivity index (χ4n) is 2.46. The van der Waals surface area contributed by atoms with Gasteiger partial charge in [-0.15, -0.1) is 0 Å². The van der Waals surface area contributed by atoms with E-state index in [0.717, 1.165) is 13.8 Å². The molecule has 4 nitrogen and oxygen atoms in total. The van der Waals surface area contributed by atoms with Crippen molar-refractivity contribution in [3.63, 3.8) is 0 Å². The van der Waals surface area contributed by atoms with E-state index in [9.17, 15) is 35.9 Å². The van der Waals surface area contributed by atoms with Crippen LogP contribution in [-0.4, -0.2) is 35.5 Å². The lowest BCUT2D eigenvalue weighted by atomic mass is 9.75. The lowest BCUT2D eigenvalue weighted by molar-refractivity contribution is -0.356. The number of hydrogen-bond acceptors (Lipinski definition) is 3. The number of hydrogen-bond donors (Lipinski definition) is 1. The normalized spacial score (nSPS) is 14.1. The van der Waals surface area contributed by atoms with Crippen LogP contribution in [0.1, 0.15) is 24.2 Å². The number of benzene rings is 1. The van der Waals surface area contributed by atoms with Gasteiger partial charge in [0.1, 0.15) is 6.10 Å². The fourth-order valence-corrected chi connectivity index (χ4v) is 4.83. The topological polar surface area (TPSA) is 63.6 Å². The Morgan fingerprint density at radius 1 is 1.00 bits per heavy atom. The fraction of sp³-hybridized carbons (Fsp3) is 0.467. The van der Waals surface area contributed by atoms with Crippen LogP contribution in [0, 0.1) is 22.0 Å². The molecule has 0 bridgehead atoms. The molecular weight excluding hydrogens is 739 g/mol. The first kappa shape index (κ1) is 26.0. The maximum absolute atomic E-state index is 13.5. The predicted molar refractivity (Wildman–Crippen MR) is 111 cm³/mol. The van der Waals surface area contributed by atoms with E-state index in [1.165, 1.54) is 6.07 Å². The van der Waals surface area contributed by atoms with Crippen LogP contribution in [-0.2, 0) is 9.53 Å². The Hall–Kier alpha value is -0.0700. The van der Waals surface area contributed by atoms with E-state index in [2.05, 4.69) is 4.74 Å². The number of carboxylic acids is 1. The number of rotatable bonds is 5. The van der Waals surface area contributed by atoms with E-state index in [1.807, 2.05) is 45.2 Å². The maximum atomic E-state index is 13.5. The first-order chi connectivity index (χ1) is 12.5. The van der Waals surface area contributed by atoms with Crippen molar-refractivity contribution in [3.05, 3.63) is 28.4 Å². The minimum Gasteiger partial charge on any atom is -0.480 e. The van der Waals surface area contributed by atoms with Crippen LogP contribution in [0.15, 0.2) is 12.1 Å². The molecule has 1 N–H and O–H groups in total. The SMILES string of the molecule is CC(C)C(OC(=O)c1cc(I)cc(I)c1I)C(C(=O)O)(C(F)(F)F)C(F)(F)F. The van der Waals surface area contributed by atoms with E-state index in [4.69, 9.17) is 5.11 Å². The van der Waals surface area contributed by atoms with Gasteiger partial charge in [-0.05, 0) is 85.8 Å². The summed E-state index contributed by atoms with van der Waals surface area (Å²) in [6, 6.07) is 2.86. The molecule has 13 heteroatoms. The molecule has 0 aliphatic heterocycles. The van der Waals surface area contributed by atoms with Crippen LogP contribution < -0.4 is 0 Å². The Balaban J connectivity index is 3.63. The molecule has 28 heavy (non-hydrogen) atoms. The number of esters is 1. The van der Waals surface area contributed by atoms with Gasteiger partial charge in [0, 0.05) is 10.7 Å². The number of halogens is 9. The van der Waals surface area contributed by atoms with Crippen LogP contribution in [0.5, 0.6) is 0 Å². The van der Waals surface area contributed by atoms with E-state index in [-0.39, 0.29) is 9.13 Å². The van der Waals surface area contributed by atoms with Crippen molar-refractivity contribution in [2.75, 3.05) is 0 Å². The lowest BCUT2D eigenvalue weighted by Gasteiger charge is -2.40. The summed E-state index contributed by atoms with van der Waals surface area (Å²) in [5.41, 5.74) is -5.53. The molecule has 0 amide bonds. The number of carboxylic acid groups (broad SMARTS) is 1. The minimum atomic E-state index is -6.26. The monoisotopic (exact) mass is 750 g/mol. The highest BCUT2D eigenvalue weighted by molar-refractivity contribution is 14.1. The summed E-state index contributed by atoms with van der Waals surface area (Å²) in [7, 11) is 0. The summed E-state index contributed by atoms with van der Waals surface area (Å²) >= 11 is 5.34. The molecule has 0 saturated heterocycles. The number of carbonyl (C=O) groups is 2. The third kappa shape index (κ3) is 4.80.